The monoisotopic (exact) mass is 413 g/mol. The average molecular weight is 414 g/mol. The zero-order valence-electron chi connectivity index (χ0n) is 17.4. The molecule has 0 spiro atoms. The molecule has 2 atom stereocenters. The van der Waals surface area contributed by atoms with E-state index in [0.29, 0.717) is 12.1 Å². The van der Waals surface area contributed by atoms with E-state index in [2.05, 4.69) is 10.6 Å². The summed E-state index contributed by atoms with van der Waals surface area (Å²) in [5.74, 6) is -0.255. The standard InChI is InChI=1S/C23H31N3O2S/c1-3-16(2)21(26-22(27)17-10-5-4-6-11-17)23(28)24-15-9-14-20-25-18-12-7-8-13-19(18)29-20/h4-6,10-11,16,21H,3,7-9,12-15H2,1-2H3,(H,24,28)(H,26,27). The van der Waals surface area contributed by atoms with E-state index in [1.54, 1.807) is 12.1 Å². The lowest BCUT2D eigenvalue weighted by Crippen LogP contribution is -2.50. The number of aromatic nitrogens is 1. The first-order valence-corrected chi connectivity index (χ1v) is 11.5. The first-order chi connectivity index (χ1) is 14.1. The Morgan fingerprint density at radius 3 is 2.66 bits per heavy atom. The number of thiazole rings is 1. The van der Waals surface area contributed by atoms with E-state index < -0.39 is 6.04 Å². The lowest BCUT2D eigenvalue weighted by atomic mass is 9.97. The topological polar surface area (TPSA) is 71.1 Å². The van der Waals surface area contributed by atoms with Gasteiger partial charge in [0, 0.05) is 23.4 Å². The third-order valence-electron chi connectivity index (χ3n) is 5.57. The molecule has 0 aliphatic heterocycles. The molecule has 0 saturated carbocycles. The first-order valence-electron chi connectivity index (χ1n) is 10.7. The number of nitrogens with one attached hydrogen (secondary N) is 2. The highest BCUT2D eigenvalue weighted by molar-refractivity contribution is 7.11. The van der Waals surface area contributed by atoms with Gasteiger partial charge in [0.1, 0.15) is 6.04 Å². The van der Waals surface area contributed by atoms with Crippen molar-refractivity contribution in [3.8, 4) is 0 Å². The van der Waals surface area contributed by atoms with Gasteiger partial charge in [0.05, 0.1) is 10.7 Å². The van der Waals surface area contributed by atoms with Gasteiger partial charge in [0.15, 0.2) is 0 Å². The van der Waals surface area contributed by atoms with E-state index in [1.807, 2.05) is 43.4 Å². The van der Waals surface area contributed by atoms with Crippen LogP contribution in [0.2, 0.25) is 0 Å². The van der Waals surface area contributed by atoms with Crippen molar-refractivity contribution >= 4 is 23.2 Å². The highest BCUT2D eigenvalue weighted by Gasteiger charge is 2.26. The normalized spacial score (nSPS) is 15.2. The fourth-order valence-corrected chi connectivity index (χ4v) is 4.79. The minimum atomic E-state index is -0.528. The third kappa shape index (κ3) is 5.89. The van der Waals surface area contributed by atoms with Crippen LogP contribution in [0.15, 0.2) is 30.3 Å². The maximum atomic E-state index is 12.7. The Bertz CT molecular complexity index is 795. The van der Waals surface area contributed by atoms with Gasteiger partial charge in [0.2, 0.25) is 5.91 Å². The number of rotatable bonds is 9. The van der Waals surface area contributed by atoms with Gasteiger partial charge < -0.3 is 10.6 Å². The molecule has 1 heterocycles. The molecule has 6 heteroatoms. The van der Waals surface area contributed by atoms with Crippen LogP contribution < -0.4 is 10.6 Å². The fourth-order valence-electron chi connectivity index (χ4n) is 3.59. The van der Waals surface area contributed by atoms with Crippen LogP contribution in [0, 0.1) is 5.92 Å². The molecule has 2 aromatic rings. The molecule has 2 N–H and O–H groups in total. The van der Waals surface area contributed by atoms with Crippen LogP contribution in [-0.4, -0.2) is 29.4 Å². The van der Waals surface area contributed by atoms with Crippen LogP contribution in [0.1, 0.15) is 65.5 Å². The molecule has 5 nitrogen and oxygen atoms in total. The molecular weight excluding hydrogens is 382 g/mol. The highest BCUT2D eigenvalue weighted by Crippen LogP contribution is 2.27. The summed E-state index contributed by atoms with van der Waals surface area (Å²) in [6.45, 7) is 4.62. The van der Waals surface area contributed by atoms with Gasteiger partial charge in [0.25, 0.3) is 5.91 Å². The number of hydrogen-bond acceptors (Lipinski definition) is 4. The Morgan fingerprint density at radius 2 is 1.93 bits per heavy atom. The maximum absolute atomic E-state index is 12.7. The molecule has 156 valence electrons. The summed E-state index contributed by atoms with van der Waals surface area (Å²) < 4.78 is 0. The smallest absolute Gasteiger partial charge is 0.251 e. The number of aryl methyl sites for hydroxylation is 3. The van der Waals surface area contributed by atoms with Gasteiger partial charge in [-0.25, -0.2) is 4.98 Å². The Morgan fingerprint density at radius 1 is 1.17 bits per heavy atom. The van der Waals surface area contributed by atoms with E-state index in [1.165, 1.54) is 34.8 Å². The number of benzene rings is 1. The van der Waals surface area contributed by atoms with Gasteiger partial charge in [-0.3, -0.25) is 9.59 Å². The predicted octanol–water partition coefficient (Wildman–Crippen LogP) is 3.92. The van der Waals surface area contributed by atoms with Gasteiger partial charge in [-0.05, 0) is 50.2 Å². The summed E-state index contributed by atoms with van der Waals surface area (Å²) in [6, 6.07) is 8.50. The summed E-state index contributed by atoms with van der Waals surface area (Å²) in [4.78, 5) is 31.5. The van der Waals surface area contributed by atoms with Gasteiger partial charge >= 0.3 is 0 Å². The van der Waals surface area contributed by atoms with E-state index in [0.717, 1.165) is 25.7 Å². The van der Waals surface area contributed by atoms with Crippen molar-refractivity contribution in [2.24, 2.45) is 5.92 Å². The number of amides is 2. The molecule has 1 aliphatic rings. The van der Waals surface area contributed by atoms with E-state index in [9.17, 15) is 9.59 Å². The Balaban J connectivity index is 1.49. The van der Waals surface area contributed by atoms with Crippen molar-refractivity contribution < 1.29 is 9.59 Å². The zero-order chi connectivity index (χ0) is 20.6. The van der Waals surface area contributed by atoms with Crippen molar-refractivity contribution in [2.45, 2.75) is 64.8 Å². The number of carbonyl (C=O) groups excluding carboxylic acids is 2. The minimum Gasteiger partial charge on any atom is -0.354 e. The van der Waals surface area contributed by atoms with E-state index in [4.69, 9.17) is 4.98 Å². The predicted molar refractivity (Wildman–Crippen MR) is 117 cm³/mol. The molecule has 0 radical (unpaired) electrons. The van der Waals surface area contributed by atoms with Crippen LogP contribution in [0.25, 0.3) is 0 Å². The molecule has 1 aromatic carbocycles. The lowest BCUT2D eigenvalue weighted by molar-refractivity contribution is -0.124. The van der Waals surface area contributed by atoms with Crippen LogP contribution in [0.5, 0.6) is 0 Å². The van der Waals surface area contributed by atoms with Crippen molar-refractivity contribution in [3.05, 3.63) is 51.5 Å². The van der Waals surface area contributed by atoms with Crippen LogP contribution in [0.4, 0.5) is 0 Å². The lowest BCUT2D eigenvalue weighted by Gasteiger charge is -2.23. The Labute approximate surface area is 177 Å². The Hall–Kier alpha value is -2.21. The maximum Gasteiger partial charge on any atom is 0.251 e. The highest BCUT2D eigenvalue weighted by atomic mass is 32.1. The molecule has 2 amide bonds. The first kappa shape index (κ1) is 21.5. The summed E-state index contributed by atoms with van der Waals surface area (Å²) >= 11 is 1.83. The number of fused-ring (bicyclic) bond motifs is 1. The quantitative estimate of drug-likeness (QED) is 0.612. The molecule has 3 rings (SSSR count). The number of carbonyl (C=O) groups is 2. The van der Waals surface area contributed by atoms with Crippen LogP contribution in [-0.2, 0) is 24.1 Å². The molecule has 29 heavy (non-hydrogen) atoms. The summed E-state index contributed by atoms with van der Waals surface area (Å²) in [6.07, 6.45) is 7.37. The van der Waals surface area contributed by atoms with Gasteiger partial charge in [-0.15, -0.1) is 11.3 Å². The molecule has 0 bridgehead atoms. The summed E-state index contributed by atoms with van der Waals surface area (Å²) in [7, 11) is 0. The average Bonchev–Trinajstić information content (AvgIpc) is 3.17. The molecule has 0 fully saturated rings. The molecular formula is C23H31N3O2S. The van der Waals surface area contributed by atoms with Crippen LogP contribution in [0.3, 0.4) is 0 Å². The molecule has 1 aliphatic carbocycles. The van der Waals surface area contributed by atoms with Crippen molar-refractivity contribution in [3.63, 3.8) is 0 Å². The molecule has 2 unspecified atom stereocenters. The zero-order valence-corrected chi connectivity index (χ0v) is 18.2. The number of hydrogen-bond donors (Lipinski definition) is 2. The van der Waals surface area contributed by atoms with Crippen LogP contribution >= 0.6 is 11.3 Å². The SMILES string of the molecule is CCC(C)C(NC(=O)c1ccccc1)C(=O)NCCCc1nc2c(s1)CCCC2. The fraction of sp³-hybridized carbons (Fsp3) is 0.522. The molecule has 0 saturated heterocycles. The second-order valence-corrected chi connectivity index (χ2v) is 8.95. The minimum absolute atomic E-state index is 0.0633. The molecule has 1 aromatic heterocycles. The summed E-state index contributed by atoms with van der Waals surface area (Å²) in [5.41, 5.74) is 1.86. The largest absolute Gasteiger partial charge is 0.354 e. The summed E-state index contributed by atoms with van der Waals surface area (Å²) in [5, 5.41) is 7.11. The van der Waals surface area contributed by atoms with E-state index in [-0.39, 0.29) is 17.7 Å². The second kappa shape index (κ2) is 10.5. The van der Waals surface area contributed by atoms with Gasteiger partial charge in [-0.1, -0.05) is 38.5 Å². The van der Waals surface area contributed by atoms with Crippen molar-refractivity contribution in [1.29, 1.82) is 0 Å². The third-order valence-corrected chi connectivity index (χ3v) is 6.79. The number of nitrogens with zero attached hydrogens (tertiary/aromatic N) is 1. The van der Waals surface area contributed by atoms with E-state index >= 15 is 0 Å². The van der Waals surface area contributed by atoms with Crippen molar-refractivity contribution in [2.75, 3.05) is 6.54 Å². The Kier molecular flexibility index (Phi) is 7.81. The van der Waals surface area contributed by atoms with Gasteiger partial charge in [-0.2, -0.15) is 0 Å². The second-order valence-electron chi connectivity index (χ2n) is 7.78. The van der Waals surface area contributed by atoms with Crippen molar-refractivity contribution in [1.82, 2.24) is 15.6 Å².